The van der Waals surface area contributed by atoms with Gasteiger partial charge in [0.15, 0.2) is 0 Å². The minimum Gasteiger partial charge on any atom is -0.387 e. The molecule has 2 atom stereocenters. The molecule has 0 aromatic carbocycles. The monoisotopic (exact) mass is 241 g/mol. The summed E-state index contributed by atoms with van der Waals surface area (Å²) < 4.78 is 7.03. The van der Waals surface area contributed by atoms with Crippen LogP contribution >= 0.6 is 0 Å². The lowest BCUT2D eigenvalue weighted by Gasteiger charge is -2.28. The van der Waals surface area contributed by atoms with Crippen molar-refractivity contribution in [3.63, 3.8) is 0 Å². The maximum absolute atomic E-state index is 10.3. The molecule has 1 N–H and O–H groups in total. The van der Waals surface area contributed by atoms with Crippen LogP contribution in [-0.2, 0) is 17.7 Å². The fraction of sp³-hybridized carbons (Fsp3) is 0.833. The highest BCUT2D eigenvalue weighted by atomic mass is 16.5. The smallest absolute Gasteiger partial charge is 0.138 e. The third kappa shape index (κ3) is 3.78. The molecule has 0 aliphatic carbocycles. The molecule has 0 bridgehead atoms. The van der Waals surface area contributed by atoms with Crippen molar-refractivity contribution >= 4 is 0 Å². The number of aliphatic hydroxyl groups is 1. The third-order valence-electron chi connectivity index (χ3n) is 2.98. The summed E-state index contributed by atoms with van der Waals surface area (Å²) in [5.74, 6) is 1.30. The van der Waals surface area contributed by atoms with Crippen LogP contribution < -0.4 is 0 Å². The second kappa shape index (κ2) is 5.60. The summed E-state index contributed by atoms with van der Waals surface area (Å²) >= 11 is 0. The van der Waals surface area contributed by atoms with Gasteiger partial charge in [-0.15, -0.1) is 0 Å². The van der Waals surface area contributed by atoms with E-state index in [1.165, 1.54) is 6.33 Å². The lowest BCUT2D eigenvalue weighted by molar-refractivity contribution is -0.0731. The predicted molar refractivity (Wildman–Crippen MR) is 65.7 cm³/mol. The van der Waals surface area contributed by atoms with Crippen LogP contribution in [0.1, 0.15) is 33.5 Å². The molecule has 1 aromatic rings. The van der Waals surface area contributed by atoms with Crippen LogP contribution in [0.4, 0.5) is 0 Å². The molecule has 1 rings (SSSR count). The summed E-state index contributed by atoms with van der Waals surface area (Å²) in [6.45, 7) is 8.67. The Morgan fingerprint density at radius 1 is 1.47 bits per heavy atom. The lowest BCUT2D eigenvalue weighted by Crippen LogP contribution is -2.41. The highest BCUT2D eigenvalue weighted by Gasteiger charge is 2.30. The maximum Gasteiger partial charge on any atom is 0.138 e. The van der Waals surface area contributed by atoms with Gasteiger partial charge >= 0.3 is 0 Å². The van der Waals surface area contributed by atoms with Crippen molar-refractivity contribution in [3.05, 3.63) is 12.2 Å². The largest absolute Gasteiger partial charge is 0.387 e. The van der Waals surface area contributed by atoms with Gasteiger partial charge in [0, 0.05) is 20.1 Å². The minimum absolute atomic E-state index is 0.244. The first-order valence-corrected chi connectivity index (χ1v) is 5.98. The molecule has 1 heterocycles. The van der Waals surface area contributed by atoms with E-state index in [9.17, 15) is 5.11 Å². The van der Waals surface area contributed by atoms with E-state index in [1.807, 2.05) is 11.6 Å². The van der Waals surface area contributed by atoms with Crippen LogP contribution in [0.2, 0.25) is 0 Å². The van der Waals surface area contributed by atoms with Crippen LogP contribution in [0, 0.1) is 5.92 Å². The van der Waals surface area contributed by atoms with Crippen LogP contribution in [0.3, 0.4) is 0 Å². The lowest BCUT2D eigenvalue weighted by atomic mass is 9.95. The first kappa shape index (κ1) is 14.1. The molecule has 0 aliphatic rings. The number of nitrogens with zero attached hydrogens (tertiary/aromatic N) is 3. The molecular weight excluding hydrogens is 218 g/mol. The molecule has 0 spiro atoms. The van der Waals surface area contributed by atoms with Gasteiger partial charge in [-0.05, 0) is 19.8 Å². The highest BCUT2D eigenvalue weighted by Crippen LogP contribution is 2.18. The minimum atomic E-state index is -0.934. The molecule has 0 amide bonds. The first-order valence-electron chi connectivity index (χ1n) is 5.98. The second-order valence-electron chi connectivity index (χ2n) is 5.16. The topological polar surface area (TPSA) is 60.2 Å². The number of ether oxygens (including phenoxy) is 1. The van der Waals surface area contributed by atoms with E-state index < -0.39 is 5.60 Å². The average Bonchev–Trinajstić information content (AvgIpc) is 2.63. The standard InChI is InChI=1S/C12H23N3O2/c1-9(2)7-15-11(13-8-14-15)6-12(4,16)10(3)17-5/h8-10,16H,6-7H2,1-5H3. The van der Waals surface area contributed by atoms with Crippen molar-refractivity contribution in [2.45, 2.75) is 52.4 Å². The molecule has 0 saturated carbocycles. The number of hydrogen-bond acceptors (Lipinski definition) is 4. The first-order chi connectivity index (χ1) is 7.86. The Bertz CT molecular complexity index is 347. The molecule has 0 aliphatic heterocycles. The molecule has 0 radical (unpaired) electrons. The van der Waals surface area contributed by atoms with E-state index in [0.717, 1.165) is 12.4 Å². The highest BCUT2D eigenvalue weighted by molar-refractivity contribution is 4.95. The van der Waals surface area contributed by atoms with Crippen molar-refractivity contribution in [1.29, 1.82) is 0 Å². The Morgan fingerprint density at radius 2 is 2.12 bits per heavy atom. The molecule has 2 unspecified atom stereocenters. The van der Waals surface area contributed by atoms with Gasteiger partial charge in [-0.3, -0.25) is 0 Å². The van der Waals surface area contributed by atoms with Crippen molar-refractivity contribution in [2.24, 2.45) is 5.92 Å². The summed E-state index contributed by atoms with van der Waals surface area (Å²) in [6.07, 6.45) is 1.73. The van der Waals surface area contributed by atoms with Crippen molar-refractivity contribution < 1.29 is 9.84 Å². The van der Waals surface area contributed by atoms with E-state index in [0.29, 0.717) is 12.3 Å². The van der Waals surface area contributed by atoms with Crippen LogP contribution in [0.25, 0.3) is 0 Å². The molecular formula is C12H23N3O2. The van der Waals surface area contributed by atoms with Crippen molar-refractivity contribution in [3.8, 4) is 0 Å². The molecule has 0 fully saturated rings. The summed E-state index contributed by atoms with van der Waals surface area (Å²) in [5.41, 5.74) is -0.934. The van der Waals surface area contributed by atoms with Gasteiger partial charge in [0.2, 0.25) is 0 Å². The van der Waals surface area contributed by atoms with E-state index >= 15 is 0 Å². The SMILES string of the molecule is COC(C)C(C)(O)Cc1ncnn1CC(C)C. The van der Waals surface area contributed by atoms with E-state index in [1.54, 1.807) is 14.0 Å². The van der Waals surface area contributed by atoms with Gasteiger partial charge in [-0.25, -0.2) is 9.67 Å². The maximum atomic E-state index is 10.3. The van der Waals surface area contributed by atoms with E-state index in [4.69, 9.17) is 4.74 Å². The predicted octanol–water partition coefficient (Wildman–Crippen LogP) is 1.26. The Kier molecular flexibility index (Phi) is 4.65. The third-order valence-corrected chi connectivity index (χ3v) is 2.98. The van der Waals surface area contributed by atoms with Gasteiger partial charge in [0.05, 0.1) is 11.7 Å². The Labute approximate surface area is 103 Å². The van der Waals surface area contributed by atoms with E-state index in [2.05, 4.69) is 23.9 Å². The molecule has 0 saturated heterocycles. The molecule has 5 nitrogen and oxygen atoms in total. The summed E-state index contributed by atoms with van der Waals surface area (Å²) in [4.78, 5) is 4.21. The van der Waals surface area contributed by atoms with Gasteiger partial charge in [-0.2, -0.15) is 5.10 Å². The van der Waals surface area contributed by atoms with Crippen molar-refractivity contribution in [2.75, 3.05) is 7.11 Å². The number of rotatable bonds is 6. The molecule has 5 heteroatoms. The van der Waals surface area contributed by atoms with Gasteiger partial charge < -0.3 is 9.84 Å². The zero-order valence-corrected chi connectivity index (χ0v) is 11.3. The Morgan fingerprint density at radius 3 is 2.65 bits per heavy atom. The van der Waals surface area contributed by atoms with Crippen molar-refractivity contribution in [1.82, 2.24) is 14.8 Å². The van der Waals surface area contributed by atoms with Crippen LogP contribution in [-0.4, -0.2) is 38.7 Å². The van der Waals surface area contributed by atoms with Gasteiger partial charge in [0.25, 0.3) is 0 Å². The zero-order valence-electron chi connectivity index (χ0n) is 11.3. The molecule has 17 heavy (non-hydrogen) atoms. The van der Waals surface area contributed by atoms with Crippen LogP contribution in [0.15, 0.2) is 6.33 Å². The second-order valence-corrected chi connectivity index (χ2v) is 5.16. The molecule has 98 valence electrons. The number of hydrogen-bond donors (Lipinski definition) is 1. The van der Waals surface area contributed by atoms with Gasteiger partial charge in [0.1, 0.15) is 12.2 Å². The van der Waals surface area contributed by atoms with E-state index in [-0.39, 0.29) is 6.10 Å². The fourth-order valence-corrected chi connectivity index (χ4v) is 1.64. The van der Waals surface area contributed by atoms with Crippen LogP contribution in [0.5, 0.6) is 0 Å². The Balaban J connectivity index is 2.77. The average molecular weight is 241 g/mol. The summed E-state index contributed by atoms with van der Waals surface area (Å²) in [5, 5.41) is 14.5. The summed E-state index contributed by atoms with van der Waals surface area (Å²) in [6, 6.07) is 0. The zero-order chi connectivity index (χ0) is 13.1. The fourth-order valence-electron chi connectivity index (χ4n) is 1.64. The van der Waals surface area contributed by atoms with Gasteiger partial charge in [-0.1, -0.05) is 13.8 Å². The number of aromatic nitrogens is 3. The number of methoxy groups -OCH3 is 1. The summed E-state index contributed by atoms with van der Waals surface area (Å²) in [7, 11) is 1.60. The Hall–Kier alpha value is -0.940. The quantitative estimate of drug-likeness (QED) is 0.814. The molecule has 1 aromatic heterocycles. The normalized spacial score (nSPS) is 17.1.